The third kappa shape index (κ3) is 8.69. The van der Waals surface area contributed by atoms with E-state index >= 15 is 0 Å². The number of nitrogens with one attached hydrogen (secondary N) is 2. The predicted molar refractivity (Wildman–Crippen MR) is 131 cm³/mol. The summed E-state index contributed by atoms with van der Waals surface area (Å²) in [4.78, 5) is 7.28. The number of rotatable bonds is 9. The van der Waals surface area contributed by atoms with E-state index in [4.69, 9.17) is 4.99 Å². The van der Waals surface area contributed by atoms with Gasteiger partial charge in [-0.2, -0.15) is 11.8 Å². The molecule has 1 aliphatic rings. The van der Waals surface area contributed by atoms with E-state index in [1.54, 1.807) is 0 Å². The van der Waals surface area contributed by atoms with E-state index in [-0.39, 0.29) is 24.0 Å². The summed E-state index contributed by atoms with van der Waals surface area (Å²) in [6.45, 7) is 7.13. The van der Waals surface area contributed by atoms with Crippen molar-refractivity contribution in [2.45, 2.75) is 26.2 Å². The van der Waals surface area contributed by atoms with Gasteiger partial charge < -0.3 is 15.5 Å². The molecular weight excluding hydrogens is 523 g/mol. The van der Waals surface area contributed by atoms with Gasteiger partial charge in [0.15, 0.2) is 5.96 Å². The van der Waals surface area contributed by atoms with E-state index in [1.165, 1.54) is 30.7 Å². The van der Waals surface area contributed by atoms with Crippen molar-refractivity contribution >= 4 is 63.3 Å². The molecule has 7 heteroatoms. The quantitative estimate of drug-likeness (QED) is 0.203. The molecular formula is C19H32BrIN4S. The van der Waals surface area contributed by atoms with Crippen molar-refractivity contribution in [1.29, 1.82) is 0 Å². The van der Waals surface area contributed by atoms with Gasteiger partial charge in [-0.05, 0) is 62.3 Å². The normalized spacial score (nSPS) is 17.1. The van der Waals surface area contributed by atoms with Gasteiger partial charge in [0.1, 0.15) is 0 Å². The highest BCUT2D eigenvalue weighted by Crippen LogP contribution is 2.26. The minimum atomic E-state index is 0. The molecule has 1 unspecified atom stereocenters. The molecule has 2 rings (SSSR count). The summed E-state index contributed by atoms with van der Waals surface area (Å²) >= 11 is 5.48. The first-order chi connectivity index (χ1) is 12.2. The lowest BCUT2D eigenvalue weighted by Gasteiger charge is -2.19. The van der Waals surface area contributed by atoms with E-state index in [0.717, 1.165) is 43.2 Å². The number of unbranched alkanes of at least 4 members (excludes halogenated alkanes) is 1. The van der Waals surface area contributed by atoms with Crippen LogP contribution < -0.4 is 15.5 Å². The first kappa shape index (κ1) is 23.9. The van der Waals surface area contributed by atoms with Gasteiger partial charge in [-0.1, -0.05) is 22.0 Å². The number of hydrogen-bond acceptors (Lipinski definition) is 3. The van der Waals surface area contributed by atoms with Crippen LogP contribution in [-0.2, 0) is 0 Å². The molecule has 0 bridgehead atoms. The van der Waals surface area contributed by atoms with Gasteiger partial charge in [0.2, 0.25) is 0 Å². The second-order valence-electron chi connectivity index (χ2n) is 6.43. The van der Waals surface area contributed by atoms with Crippen LogP contribution in [0, 0.1) is 5.92 Å². The van der Waals surface area contributed by atoms with E-state index in [2.05, 4.69) is 68.9 Å². The number of aliphatic imine (C=N–C) groups is 1. The Morgan fingerprint density at radius 3 is 2.92 bits per heavy atom. The third-order valence-electron chi connectivity index (χ3n) is 4.38. The van der Waals surface area contributed by atoms with Crippen molar-refractivity contribution in [1.82, 2.24) is 10.6 Å². The average molecular weight is 555 g/mol. The molecule has 26 heavy (non-hydrogen) atoms. The Kier molecular flexibility index (Phi) is 12.8. The Morgan fingerprint density at radius 1 is 1.35 bits per heavy atom. The van der Waals surface area contributed by atoms with Crippen molar-refractivity contribution in [3.63, 3.8) is 0 Å². The molecule has 1 heterocycles. The van der Waals surface area contributed by atoms with Crippen LogP contribution in [0.5, 0.6) is 0 Å². The Morgan fingerprint density at radius 2 is 2.19 bits per heavy atom. The molecule has 0 radical (unpaired) electrons. The third-order valence-corrected chi connectivity index (χ3v) is 5.57. The summed E-state index contributed by atoms with van der Waals surface area (Å²) in [6.07, 6.45) is 5.84. The van der Waals surface area contributed by atoms with Crippen molar-refractivity contribution in [3.05, 3.63) is 28.7 Å². The first-order valence-electron chi connectivity index (χ1n) is 9.24. The highest BCUT2D eigenvalue weighted by molar-refractivity contribution is 14.0. The van der Waals surface area contributed by atoms with E-state index in [1.807, 2.05) is 11.8 Å². The molecule has 0 saturated carbocycles. The molecule has 1 aromatic carbocycles. The van der Waals surface area contributed by atoms with Crippen molar-refractivity contribution in [3.8, 4) is 0 Å². The molecule has 1 aromatic rings. The summed E-state index contributed by atoms with van der Waals surface area (Å²) in [6, 6.07) is 8.58. The molecule has 0 amide bonds. The van der Waals surface area contributed by atoms with Gasteiger partial charge in [-0.3, -0.25) is 4.99 Å². The Labute approximate surface area is 188 Å². The SMILES string of the molecule is CCNC(=NCC1CCN(c2cccc(Br)c2)C1)NCCCCSC.I. The van der Waals surface area contributed by atoms with Crippen LogP contribution in [0.25, 0.3) is 0 Å². The largest absolute Gasteiger partial charge is 0.371 e. The second kappa shape index (κ2) is 13.9. The zero-order valence-electron chi connectivity index (χ0n) is 15.8. The zero-order chi connectivity index (χ0) is 17.9. The van der Waals surface area contributed by atoms with Gasteiger partial charge in [-0.25, -0.2) is 0 Å². The topological polar surface area (TPSA) is 39.7 Å². The highest BCUT2D eigenvalue weighted by Gasteiger charge is 2.22. The summed E-state index contributed by atoms with van der Waals surface area (Å²) in [5.41, 5.74) is 1.31. The van der Waals surface area contributed by atoms with Crippen LogP contribution in [0.4, 0.5) is 5.69 Å². The Bertz CT molecular complexity index is 544. The maximum Gasteiger partial charge on any atom is 0.191 e. The summed E-state index contributed by atoms with van der Waals surface area (Å²) in [5.74, 6) is 2.83. The van der Waals surface area contributed by atoms with Crippen LogP contribution in [-0.4, -0.2) is 50.7 Å². The molecule has 0 aromatic heterocycles. The number of guanidine groups is 1. The van der Waals surface area contributed by atoms with Gasteiger partial charge in [0, 0.05) is 42.9 Å². The van der Waals surface area contributed by atoms with Crippen molar-refractivity contribution < 1.29 is 0 Å². The summed E-state index contributed by atoms with van der Waals surface area (Å²) in [5, 5.41) is 6.83. The molecule has 2 N–H and O–H groups in total. The molecule has 1 aliphatic heterocycles. The van der Waals surface area contributed by atoms with Crippen LogP contribution in [0.15, 0.2) is 33.7 Å². The van der Waals surface area contributed by atoms with Crippen molar-refractivity contribution in [2.24, 2.45) is 10.9 Å². The van der Waals surface area contributed by atoms with Gasteiger partial charge >= 0.3 is 0 Å². The zero-order valence-corrected chi connectivity index (χ0v) is 20.6. The van der Waals surface area contributed by atoms with Gasteiger partial charge in [0.25, 0.3) is 0 Å². The molecule has 148 valence electrons. The minimum Gasteiger partial charge on any atom is -0.371 e. The first-order valence-corrected chi connectivity index (χ1v) is 11.4. The summed E-state index contributed by atoms with van der Waals surface area (Å²) in [7, 11) is 0. The molecule has 1 fully saturated rings. The van der Waals surface area contributed by atoms with Gasteiger partial charge in [0.05, 0.1) is 0 Å². The fourth-order valence-electron chi connectivity index (χ4n) is 3.03. The highest BCUT2D eigenvalue weighted by atomic mass is 127. The van der Waals surface area contributed by atoms with Crippen LogP contribution >= 0.6 is 51.7 Å². The van der Waals surface area contributed by atoms with Crippen molar-refractivity contribution in [2.75, 3.05) is 49.6 Å². The maximum atomic E-state index is 4.81. The van der Waals surface area contributed by atoms with E-state index in [9.17, 15) is 0 Å². The standard InChI is InChI=1S/C19H31BrN4S.HI/c1-3-21-19(22-10-4-5-12-25-2)23-14-16-9-11-24(15-16)18-8-6-7-17(20)13-18;/h6-8,13,16H,3-5,9-12,14-15H2,1-2H3,(H2,21,22,23);1H. The van der Waals surface area contributed by atoms with Crippen LogP contribution in [0.2, 0.25) is 0 Å². The van der Waals surface area contributed by atoms with Gasteiger partial charge in [-0.15, -0.1) is 24.0 Å². The smallest absolute Gasteiger partial charge is 0.191 e. The fraction of sp³-hybridized carbons (Fsp3) is 0.632. The maximum absolute atomic E-state index is 4.81. The monoisotopic (exact) mass is 554 g/mol. The number of halogens is 2. The number of thioether (sulfide) groups is 1. The molecule has 1 atom stereocenters. The molecule has 0 aliphatic carbocycles. The summed E-state index contributed by atoms with van der Waals surface area (Å²) < 4.78 is 1.14. The molecule has 1 saturated heterocycles. The predicted octanol–water partition coefficient (Wildman–Crippen LogP) is 4.59. The van der Waals surface area contributed by atoms with Crippen LogP contribution in [0.1, 0.15) is 26.2 Å². The average Bonchev–Trinajstić information content (AvgIpc) is 3.08. The lowest BCUT2D eigenvalue weighted by Crippen LogP contribution is -2.38. The number of nitrogens with zero attached hydrogens (tertiary/aromatic N) is 2. The Hall–Kier alpha value is -0.150. The lowest BCUT2D eigenvalue weighted by atomic mass is 10.1. The lowest BCUT2D eigenvalue weighted by molar-refractivity contribution is 0.598. The minimum absolute atomic E-state index is 0. The van der Waals surface area contributed by atoms with E-state index < -0.39 is 0 Å². The second-order valence-corrected chi connectivity index (χ2v) is 8.33. The molecule has 4 nitrogen and oxygen atoms in total. The van der Waals surface area contributed by atoms with E-state index in [0.29, 0.717) is 5.92 Å². The van der Waals surface area contributed by atoms with Crippen LogP contribution in [0.3, 0.4) is 0 Å². The number of benzene rings is 1. The number of hydrogen-bond donors (Lipinski definition) is 2. The fourth-order valence-corrected chi connectivity index (χ4v) is 3.91. The molecule has 0 spiro atoms. The number of anilines is 1. The Balaban J connectivity index is 0.00000338.